The molecular weight excluding hydrogens is 480 g/mol. The summed E-state index contributed by atoms with van der Waals surface area (Å²) >= 11 is 0. The van der Waals surface area contributed by atoms with E-state index in [4.69, 9.17) is 14.2 Å². The first-order valence-electron chi connectivity index (χ1n) is 13.1. The van der Waals surface area contributed by atoms with E-state index in [0.717, 1.165) is 60.3 Å². The van der Waals surface area contributed by atoms with E-state index in [2.05, 4.69) is 17.4 Å². The van der Waals surface area contributed by atoms with Gasteiger partial charge in [-0.2, -0.15) is 0 Å². The Hall–Kier alpha value is -3.84. The first kappa shape index (κ1) is 27.2. The number of nitrogens with one attached hydrogen (secondary N) is 1. The fourth-order valence-corrected chi connectivity index (χ4v) is 5.05. The lowest BCUT2D eigenvalue weighted by Gasteiger charge is -2.36. The van der Waals surface area contributed by atoms with Crippen molar-refractivity contribution in [1.82, 2.24) is 10.2 Å². The summed E-state index contributed by atoms with van der Waals surface area (Å²) in [6.45, 7) is 1.66. The van der Waals surface area contributed by atoms with Crippen LogP contribution in [0.1, 0.15) is 42.4 Å². The van der Waals surface area contributed by atoms with E-state index in [-0.39, 0.29) is 11.9 Å². The molecule has 1 heterocycles. The monoisotopic (exact) mass is 516 g/mol. The molecule has 1 aliphatic rings. The Kier molecular flexibility index (Phi) is 9.38. The molecule has 0 saturated carbocycles. The third-order valence-corrected chi connectivity index (χ3v) is 7.09. The van der Waals surface area contributed by atoms with Gasteiger partial charge in [0, 0.05) is 19.7 Å². The Morgan fingerprint density at radius 3 is 2.03 bits per heavy atom. The van der Waals surface area contributed by atoms with Gasteiger partial charge >= 0.3 is 0 Å². The molecule has 1 saturated heterocycles. The molecule has 7 heteroatoms. The summed E-state index contributed by atoms with van der Waals surface area (Å²) in [7, 11) is 3.31. The molecule has 1 N–H and O–H groups in total. The van der Waals surface area contributed by atoms with E-state index in [1.807, 2.05) is 66.7 Å². The van der Waals surface area contributed by atoms with Gasteiger partial charge in [-0.15, -0.1) is 0 Å². The van der Waals surface area contributed by atoms with Crippen LogP contribution < -0.4 is 14.8 Å². The number of methoxy groups -OCH3 is 2. The second kappa shape index (κ2) is 13.1. The normalized spacial score (nSPS) is 15.2. The van der Waals surface area contributed by atoms with Crippen molar-refractivity contribution in [3.63, 3.8) is 0 Å². The summed E-state index contributed by atoms with van der Waals surface area (Å²) in [6, 6.07) is 25.8. The van der Waals surface area contributed by atoms with Crippen LogP contribution in [0.5, 0.6) is 11.5 Å². The van der Waals surface area contributed by atoms with E-state index in [1.165, 1.54) is 0 Å². The van der Waals surface area contributed by atoms with E-state index in [9.17, 15) is 9.59 Å². The van der Waals surface area contributed by atoms with Gasteiger partial charge in [-0.3, -0.25) is 9.59 Å². The highest BCUT2D eigenvalue weighted by atomic mass is 16.5. The Bertz CT molecular complexity index is 1120. The largest absolute Gasteiger partial charge is 0.497 e. The lowest BCUT2D eigenvalue weighted by Crippen LogP contribution is -2.42. The van der Waals surface area contributed by atoms with Crippen molar-refractivity contribution in [3.05, 3.63) is 95.6 Å². The van der Waals surface area contributed by atoms with Crippen molar-refractivity contribution in [3.8, 4) is 11.5 Å². The smallest absolute Gasteiger partial charge is 0.242 e. The zero-order valence-corrected chi connectivity index (χ0v) is 22.1. The minimum absolute atomic E-state index is 0.0781. The Balaban J connectivity index is 1.52. The number of benzene rings is 3. The van der Waals surface area contributed by atoms with Crippen molar-refractivity contribution in [2.75, 3.05) is 33.9 Å². The van der Waals surface area contributed by atoms with Crippen LogP contribution in [0.25, 0.3) is 0 Å². The van der Waals surface area contributed by atoms with Crippen molar-refractivity contribution < 1.29 is 23.8 Å². The van der Waals surface area contributed by atoms with Crippen LogP contribution >= 0.6 is 0 Å². The van der Waals surface area contributed by atoms with Gasteiger partial charge < -0.3 is 24.4 Å². The molecule has 0 radical (unpaired) electrons. The molecule has 7 nitrogen and oxygen atoms in total. The van der Waals surface area contributed by atoms with Crippen LogP contribution in [0.2, 0.25) is 0 Å². The highest BCUT2D eigenvalue weighted by Crippen LogP contribution is 2.41. The fourth-order valence-electron chi connectivity index (χ4n) is 5.05. The molecule has 0 aliphatic carbocycles. The van der Waals surface area contributed by atoms with E-state index < -0.39 is 5.60 Å². The number of hydrogen-bond donors (Lipinski definition) is 1. The van der Waals surface area contributed by atoms with Crippen LogP contribution in [0.15, 0.2) is 78.9 Å². The standard InChI is InChI=1S/C31H36N2O5/c1-36-27-16-12-25(13-17-27)31(24-9-4-3-5-10-24,26-14-18-28(37-2)19-15-26)38-22-7-6-20-32-30(35)29-11-8-21-33(29)23-34/h3-5,9-10,12-19,23,29H,6-8,11,20-22H2,1-2H3,(H,32,35). The van der Waals surface area contributed by atoms with Gasteiger partial charge in [0.2, 0.25) is 12.3 Å². The Morgan fingerprint density at radius 1 is 0.895 bits per heavy atom. The van der Waals surface area contributed by atoms with Gasteiger partial charge in [0.15, 0.2) is 0 Å². The number of amides is 2. The first-order valence-corrected chi connectivity index (χ1v) is 13.1. The van der Waals surface area contributed by atoms with Gasteiger partial charge in [-0.05, 0) is 66.6 Å². The zero-order valence-electron chi connectivity index (χ0n) is 22.1. The summed E-state index contributed by atoms with van der Waals surface area (Å²) in [5.74, 6) is 1.47. The van der Waals surface area contributed by atoms with E-state index >= 15 is 0 Å². The second-order valence-electron chi connectivity index (χ2n) is 9.35. The highest BCUT2D eigenvalue weighted by molar-refractivity contribution is 5.84. The third-order valence-electron chi connectivity index (χ3n) is 7.09. The van der Waals surface area contributed by atoms with Crippen LogP contribution in [0.3, 0.4) is 0 Å². The number of hydrogen-bond acceptors (Lipinski definition) is 5. The highest BCUT2D eigenvalue weighted by Gasteiger charge is 2.37. The summed E-state index contributed by atoms with van der Waals surface area (Å²) in [4.78, 5) is 25.3. The van der Waals surface area contributed by atoms with Crippen LogP contribution in [0, 0.1) is 0 Å². The van der Waals surface area contributed by atoms with Gasteiger partial charge in [0.25, 0.3) is 0 Å². The molecule has 1 aliphatic heterocycles. The molecule has 200 valence electrons. The fraction of sp³-hybridized carbons (Fsp3) is 0.355. The summed E-state index contributed by atoms with van der Waals surface area (Å²) in [6.07, 6.45) is 3.87. The number of rotatable bonds is 13. The van der Waals surface area contributed by atoms with Crippen molar-refractivity contribution in [2.24, 2.45) is 0 Å². The molecule has 3 aromatic rings. The maximum absolute atomic E-state index is 12.5. The first-order chi connectivity index (χ1) is 18.6. The molecule has 1 unspecified atom stereocenters. The zero-order chi connectivity index (χ0) is 26.8. The minimum Gasteiger partial charge on any atom is -0.497 e. The molecule has 0 bridgehead atoms. The maximum atomic E-state index is 12.5. The molecule has 0 spiro atoms. The molecule has 1 fully saturated rings. The van der Waals surface area contributed by atoms with E-state index in [1.54, 1.807) is 19.1 Å². The van der Waals surface area contributed by atoms with Gasteiger partial charge in [0.1, 0.15) is 23.1 Å². The average Bonchev–Trinajstić information content (AvgIpc) is 3.47. The molecule has 2 amide bonds. The lowest BCUT2D eigenvalue weighted by atomic mass is 9.80. The van der Waals surface area contributed by atoms with Crippen LogP contribution in [-0.2, 0) is 19.9 Å². The van der Waals surface area contributed by atoms with Crippen molar-refractivity contribution in [2.45, 2.75) is 37.3 Å². The molecule has 3 aromatic carbocycles. The number of carbonyl (C=O) groups excluding carboxylic acids is 2. The van der Waals surface area contributed by atoms with Gasteiger partial charge in [-0.25, -0.2) is 0 Å². The summed E-state index contributed by atoms with van der Waals surface area (Å²) in [5, 5.41) is 2.98. The van der Waals surface area contributed by atoms with Crippen molar-refractivity contribution >= 4 is 12.3 Å². The minimum atomic E-state index is -0.850. The lowest BCUT2D eigenvalue weighted by molar-refractivity contribution is -0.131. The summed E-state index contributed by atoms with van der Waals surface area (Å²) < 4.78 is 17.6. The third kappa shape index (κ3) is 6.00. The maximum Gasteiger partial charge on any atom is 0.242 e. The molecule has 38 heavy (non-hydrogen) atoms. The summed E-state index contributed by atoms with van der Waals surface area (Å²) in [5.41, 5.74) is 2.13. The van der Waals surface area contributed by atoms with Crippen LogP contribution in [0.4, 0.5) is 0 Å². The SMILES string of the molecule is COc1ccc(C(OCCCCNC(=O)C2CCCN2C=O)(c2ccccc2)c2ccc(OC)cc2)cc1. The topological polar surface area (TPSA) is 77.1 Å². The van der Waals surface area contributed by atoms with Crippen LogP contribution in [-0.4, -0.2) is 57.2 Å². The van der Waals surface area contributed by atoms with Crippen molar-refractivity contribution in [1.29, 1.82) is 0 Å². The molecule has 4 rings (SSSR count). The molecule has 0 aromatic heterocycles. The number of likely N-dealkylation sites (tertiary alicyclic amines) is 1. The predicted octanol–water partition coefficient (Wildman–Crippen LogP) is 4.53. The number of nitrogens with zero attached hydrogens (tertiary/aromatic N) is 1. The van der Waals surface area contributed by atoms with Gasteiger partial charge in [-0.1, -0.05) is 54.6 Å². The molecular formula is C31H36N2O5. The van der Waals surface area contributed by atoms with Gasteiger partial charge in [0.05, 0.1) is 14.2 Å². The van der Waals surface area contributed by atoms with E-state index in [0.29, 0.717) is 19.7 Å². The second-order valence-corrected chi connectivity index (χ2v) is 9.35. The number of unbranched alkanes of at least 4 members (excludes halogenated alkanes) is 1. The molecule has 1 atom stereocenters. The average molecular weight is 517 g/mol. The Labute approximate surface area is 224 Å². The quantitative estimate of drug-likeness (QED) is 0.205. The predicted molar refractivity (Wildman–Crippen MR) is 146 cm³/mol. The Morgan fingerprint density at radius 2 is 1.47 bits per heavy atom. The number of ether oxygens (including phenoxy) is 3. The number of carbonyl (C=O) groups is 2.